The molecule has 25 heavy (non-hydrogen) atoms. The van der Waals surface area contributed by atoms with Crippen molar-refractivity contribution in [3.63, 3.8) is 0 Å². The van der Waals surface area contributed by atoms with Crippen LogP contribution in [0.4, 0.5) is 0 Å². The summed E-state index contributed by atoms with van der Waals surface area (Å²) in [7, 11) is 0. The maximum atomic E-state index is 11.8. The van der Waals surface area contributed by atoms with Crippen molar-refractivity contribution >= 4 is 29.7 Å². The molecular formula is C14H24N4O7. The summed E-state index contributed by atoms with van der Waals surface area (Å²) in [6.07, 6.45) is -0.589. The molecule has 0 fully saturated rings. The van der Waals surface area contributed by atoms with Gasteiger partial charge >= 0.3 is 11.9 Å². The summed E-state index contributed by atoms with van der Waals surface area (Å²) >= 11 is 0. The Morgan fingerprint density at radius 1 is 0.960 bits per heavy atom. The Morgan fingerprint density at radius 3 is 1.96 bits per heavy atom. The predicted molar refractivity (Wildman–Crippen MR) is 85.2 cm³/mol. The second kappa shape index (κ2) is 10.2. The van der Waals surface area contributed by atoms with Gasteiger partial charge in [-0.25, -0.2) is 4.79 Å². The fourth-order valence-electron chi connectivity index (χ4n) is 1.73. The molecule has 3 amide bonds. The van der Waals surface area contributed by atoms with E-state index in [2.05, 4.69) is 16.0 Å². The van der Waals surface area contributed by atoms with E-state index in [1.54, 1.807) is 13.8 Å². The summed E-state index contributed by atoms with van der Waals surface area (Å²) in [4.78, 5) is 56.5. The van der Waals surface area contributed by atoms with Crippen LogP contribution >= 0.6 is 0 Å². The van der Waals surface area contributed by atoms with E-state index in [-0.39, 0.29) is 5.92 Å². The van der Waals surface area contributed by atoms with E-state index in [4.69, 9.17) is 15.9 Å². The van der Waals surface area contributed by atoms with Gasteiger partial charge in [0.25, 0.3) is 0 Å². The standard InChI is InChI=1S/C14H24N4O7/c1-6(2)11(14(24)25)18-9(19)5-16-12(22)7(3)17-13(23)8(15)4-10(20)21/h6-8,11H,4-5,15H2,1-3H3,(H,16,22)(H,17,23)(H,18,19)(H,20,21)(H,24,25). The van der Waals surface area contributed by atoms with Gasteiger partial charge in [0.1, 0.15) is 12.1 Å². The van der Waals surface area contributed by atoms with Gasteiger partial charge < -0.3 is 31.9 Å². The van der Waals surface area contributed by atoms with E-state index in [0.29, 0.717) is 0 Å². The first-order valence-corrected chi connectivity index (χ1v) is 7.53. The second-order valence-corrected chi connectivity index (χ2v) is 5.78. The molecule has 7 N–H and O–H groups in total. The highest BCUT2D eigenvalue weighted by Crippen LogP contribution is 2.01. The van der Waals surface area contributed by atoms with E-state index in [1.165, 1.54) is 6.92 Å². The Kier molecular flexibility index (Phi) is 9.13. The van der Waals surface area contributed by atoms with Gasteiger partial charge in [-0.3, -0.25) is 19.2 Å². The topological polar surface area (TPSA) is 188 Å². The van der Waals surface area contributed by atoms with E-state index >= 15 is 0 Å². The molecule has 0 rings (SSSR count). The molecule has 0 aromatic heterocycles. The van der Waals surface area contributed by atoms with Crippen LogP contribution in [0.25, 0.3) is 0 Å². The van der Waals surface area contributed by atoms with Crippen molar-refractivity contribution in [1.29, 1.82) is 0 Å². The molecule has 0 radical (unpaired) electrons. The second-order valence-electron chi connectivity index (χ2n) is 5.78. The van der Waals surface area contributed by atoms with Crippen molar-refractivity contribution in [2.45, 2.75) is 45.3 Å². The number of aliphatic carboxylic acids is 2. The molecule has 11 heteroatoms. The number of hydrogen-bond acceptors (Lipinski definition) is 6. The Hall–Kier alpha value is -2.69. The fourth-order valence-corrected chi connectivity index (χ4v) is 1.73. The number of nitrogens with two attached hydrogens (primary N) is 1. The molecule has 142 valence electrons. The first kappa shape index (κ1) is 22.3. The van der Waals surface area contributed by atoms with Crippen LogP contribution in [0.15, 0.2) is 0 Å². The largest absolute Gasteiger partial charge is 0.481 e. The maximum Gasteiger partial charge on any atom is 0.326 e. The minimum absolute atomic E-state index is 0.342. The third-order valence-electron chi connectivity index (χ3n) is 3.16. The Balaban J connectivity index is 4.40. The molecule has 0 aromatic rings. The van der Waals surface area contributed by atoms with Crippen LogP contribution in [-0.4, -0.2) is 64.5 Å². The lowest BCUT2D eigenvalue weighted by molar-refractivity contribution is -0.143. The number of carboxylic acid groups (broad SMARTS) is 2. The van der Waals surface area contributed by atoms with Gasteiger partial charge in [0, 0.05) is 0 Å². The van der Waals surface area contributed by atoms with Crippen LogP contribution in [0, 0.1) is 5.92 Å². The smallest absolute Gasteiger partial charge is 0.326 e. The molecule has 3 unspecified atom stereocenters. The van der Waals surface area contributed by atoms with Crippen LogP contribution in [0.3, 0.4) is 0 Å². The molecule has 0 saturated carbocycles. The molecular weight excluding hydrogens is 336 g/mol. The summed E-state index contributed by atoms with van der Waals surface area (Å²) in [6.45, 7) is 4.09. The highest BCUT2D eigenvalue weighted by molar-refractivity contribution is 5.93. The third kappa shape index (κ3) is 8.65. The number of amides is 3. The predicted octanol–water partition coefficient (Wildman–Crippen LogP) is -2.37. The molecule has 0 aliphatic rings. The lowest BCUT2D eigenvalue weighted by Crippen LogP contribution is -2.53. The Labute approximate surface area is 144 Å². The van der Waals surface area contributed by atoms with Gasteiger partial charge in [-0.2, -0.15) is 0 Å². The molecule has 11 nitrogen and oxygen atoms in total. The van der Waals surface area contributed by atoms with Gasteiger partial charge in [0.15, 0.2) is 0 Å². The number of carboxylic acids is 2. The Morgan fingerprint density at radius 2 is 1.52 bits per heavy atom. The molecule has 0 saturated heterocycles. The van der Waals surface area contributed by atoms with E-state index in [1.807, 2.05) is 0 Å². The van der Waals surface area contributed by atoms with Gasteiger partial charge in [-0.1, -0.05) is 13.8 Å². The average Bonchev–Trinajstić information content (AvgIpc) is 2.48. The van der Waals surface area contributed by atoms with Crippen LogP contribution in [0.1, 0.15) is 27.2 Å². The van der Waals surface area contributed by atoms with E-state index in [0.717, 1.165) is 0 Å². The van der Waals surface area contributed by atoms with Crippen LogP contribution < -0.4 is 21.7 Å². The van der Waals surface area contributed by atoms with Crippen molar-refractivity contribution in [1.82, 2.24) is 16.0 Å². The number of rotatable bonds is 10. The molecule has 0 spiro atoms. The SMILES string of the molecule is CC(NC(=O)C(N)CC(=O)O)C(=O)NCC(=O)NC(C(=O)O)C(C)C. The van der Waals surface area contributed by atoms with Gasteiger partial charge in [0.05, 0.1) is 19.0 Å². The lowest BCUT2D eigenvalue weighted by atomic mass is 10.1. The minimum Gasteiger partial charge on any atom is -0.481 e. The van der Waals surface area contributed by atoms with Gasteiger partial charge in [0.2, 0.25) is 17.7 Å². The fraction of sp³-hybridized carbons (Fsp3) is 0.643. The van der Waals surface area contributed by atoms with Crippen LogP contribution in [-0.2, 0) is 24.0 Å². The van der Waals surface area contributed by atoms with Crippen LogP contribution in [0.2, 0.25) is 0 Å². The summed E-state index contributed by atoms with van der Waals surface area (Å²) in [5, 5.41) is 24.2. The number of nitrogens with one attached hydrogen (secondary N) is 3. The number of hydrogen-bond donors (Lipinski definition) is 6. The highest BCUT2D eigenvalue weighted by Gasteiger charge is 2.25. The third-order valence-corrected chi connectivity index (χ3v) is 3.16. The van der Waals surface area contributed by atoms with Crippen LogP contribution in [0.5, 0.6) is 0 Å². The number of carbonyl (C=O) groups is 5. The normalized spacial score (nSPS) is 14.1. The Bertz CT molecular complexity index is 535. The highest BCUT2D eigenvalue weighted by atomic mass is 16.4. The molecule has 0 heterocycles. The zero-order valence-corrected chi connectivity index (χ0v) is 14.2. The van der Waals surface area contributed by atoms with Crippen molar-refractivity contribution in [3.05, 3.63) is 0 Å². The van der Waals surface area contributed by atoms with Crippen molar-refractivity contribution < 1.29 is 34.2 Å². The maximum absolute atomic E-state index is 11.8. The lowest BCUT2D eigenvalue weighted by Gasteiger charge is -2.19. The van der Waals surface area contributed by atoms with E-state index < -0.39 is 60.8 Å². The molecule has 3 atom stereocenters. The summed E-state index contributed by atoms with van der Waals surface area (Å²) < 4.78 is 0. The number of carbonyl (C=O) groups excluding carboxylic acids is 3. The average molecular weight is 360 g/mol. The quantitative estimate of drug-likeness (QED) is 0.249. The first-order chi connectivity index (χ1) is 11.5. The molecule has 0 aromatic carbocycles. The van der Waals surface area contributed by atoms with Gasteiger partial charge in [-0.05, 0) is 12.8 Å². The summed E-state index contributed by atoms with van der Waals surface area (Å²) in [5.74, 6) is -5.01. The van der Waals surface area contributed by atoms with E-state index in [9.17, 15) is 24.0 Å². The summed E-state index contributed by atoms with van der Waals surface area (Å²) in [5.41, 5.74) is 5.36. The zero-order chi connectivity index (χ0) is 19.7. The minimum atomic E-state index is -1.31. The molecule has 0 aliphatic carbocycles. The van der Waals surface area contributed by atoms with Crippen molar-refractivity contribution in [2.75, 3.05) is 6.54 Å². The molecule has 0 aliphatic heterocycles. The zero-order valence-electron chi connectivity index (χ0n) is 14.2. The van der Waals surface area contributed by atoms with Gasteiger partial charge in [-0.15, -0.1) is 0 Å². The molecule has 0 bridgehead atoms. The van der Waals surface area contributed by atoms with Crippen molar-refractivity contribution in [2.24, 2.45) is 11.7 Å². The summed E-state index contributed by atoms with van der Waals surface area (Å²) in [6, 6.07) is -3.45. The first-order valence-electron chi connectivity index (χ1n) is 7.53. The van der Waals surface area contributed by atoms with Crippen molar-refractivity contribution in [3.8, 4) is 0 Å². The monoisotopic (exact) mass is 360 g/mol.